The fraction of sp³-hybridized carbons (Fsp3) is 1.00. The van der Waals surface area contributed by atoms with E-state index in [2.05, 4.69) is 38.3 Å². The molecule has 0 atom stereocenters. The van der Waals surface area contributed by atoms with Crippen molar-refractivity contribution < 1.29 is 41.7 Å². The van der Waals surface area contributed by atoms with E-state index in [0.717, 1.165) is 0 Å². The van der Waals surface area contributed by atoms with Gasteiger partial charge in [0.05, 0.1) is 26.2 Å². The third-order valence-corrected chi connectivity index (χ3v) is 1.15. The third-order valence-electron chi connectivity index (χ3n) is 1.15. The summed E-state index contributed by atoms with van der Waals surface area (Å²) in [6.07, 6.45) is 0. The molecule has 0 radical (unpaired) electrons. The van der Waals surface area contributed by atoms with E-state index in [9.17, 15) is 0 Å². The predicted molar refractivity (Wildman–Crippen MR) is 47.4 cm³/mol. The Bertz CT molecular complexity index is 165. The summed E-state index contributed by atoms with van der Waals surface area (Å²) < 4.78 is 34.6. The molecule has 0 aromatic carbocycles. The van der Waals surface area contributed by atoms with Gasteiger partial charge >= 0.3 is 31.1 Å². The van der Waals surface area contributed by atoms with Gasteiger partial charge in [0.1, 0.15) is 0 Å². The number of rotatable bonds is 4. The van der Waals surface area contributed by atoms with Gasteiger partial charge in [-0.05, 0) is 27.7 Å². The maximum absolute atomic E-state index is 8.65. The summed E-state index contributed by atoms with van der Waals surface area (Å²) >= 11 is -6.17. The van der Waals surface area contributed by atoms with Crippen molar-refractivity contribution in [3.05, 3.63) is 0 Å². The first-order valence-corrected chi connectivity index (χ1v) is 9.92. The first kappa shape index (κ1) is 20.5. The fourth-order valence-corrected chi connectivity index (χ4v) is 0.577. The average Bonchev–Trinajstić information content (AvgIpc) is 2.05. The van der Waals surface area contributed by atoms with E-state index in [-0.39, 0.29) is 0 Å². The van der Waals surface area contributed by atoms with Crippen molar-refractivity contribution in [1.29, 1.82) is 0 Å². The van der Waals surface area contributed by atoms with Crippen LogP contribution in [0.1, 0.15) is 27.7 Å². The number of nitrogens with two attached hydrogens (primary N) is 2. The maximum atomic E-state index is 8.65. The SMILES string of the molecule is CC[NH2+]CC.CC[NH2+]CC.[O]=[W](=[O])([O-])[O-]. The van der Waals surface area contributed by atoms with Crippen LogP contribution in [0.15, 0.2) is 0 Å². The number of hydrogen-bond donors (Lipinski definition) is 2. The standard InChI is InChI=1S/2C4H11N.4O.W/c2*1-3-5-4-2;;;;;/h2*5H,3-4H2,1-2H3;;;;;/q;;;;2*-1;/p+2. The van der Waals surface area contributed by atoms with Crippen LogP contribution < -0.4 is 18.2 Å². The molecule has 0 bridgehead atoms. The fourth-order valence-electron chi connectivity index (χ4n) is 0.577. The van der Waals surface area contributed by atoms with Crippen LogP contribution in [0, 0.1) is 0 Å². The molecule has 0 fully saturated rings. The molecule has 0 saturated heterocycles. The van der Waals surface area contributed by atoms with Crippen molar-refractivity contribution in [2.75, 3.05) is 26.2 Å². The van der Waals surface area contributed by atoms with E-state index in [1.165, 1.54) is 26.2 Å². The van der Waals surface area contributed by atoms with Crippen molar-refractivity contribution in [2.24, 2.45) is 0 Å². The van der Waals surface area contributed by atoms with E-state index in [0.29, 0.717) is 0 Å². The first-order valence-electron chi connectivity index (χ1n) is 5.13. The molecule has 0 aliphatic rings. The van der Waals surface area contributed by atoms with Gasteiger partial charge in [-0.1, -0.05) is 0 Å². The molecule has 7 heteroatoms. The Morgan fingerprint density at radius 1 is 0.800 bits per heavy atom. The van der Waals surface area contributed by atoms with E-state index < -0.39 is 16.7 Å². The average molecular weight is 396 g/mol. The van der Waals surface area contributed by atoms with Gasteiger partial charge in [-0.25, -0.2) is 0 Å². The Morgan fingerprint density at radius 3 is 0.933 bits per heavy atom. The summed E-state index contributed by atoms with van der Waals surface area (Å²) in [4.78, 5) is 0. The van der Waals surface area contributed by atoms with Crippen LogP contribution in [0.25, 0.3) is 0 Å². The van der Waals surface area contributed by atoms with E-state index in [1.54, 1.807) is 0 Å². The Morgan fingerprint density at radius 2 is 0.933 bits per heavy atom. The van der Waals surface area contributed by atoms with Gasteiger partial charge in [0, 0.05) is 0 Å². The van der Waals surface area contributed by atoms with Gasteiger partial charge in [0.25, 0.3) is 0 Å². The second-order valence-electron chi connectivity index (χ2n) is 2.62. The van der Waals surface area contributed by atoms with Gasteiger partial charge < -0.3 is 10.6 Å². The summed E-state index contributed by atoms with van der Waals surface area (Å²) in [6.45, 7) is 13.5. The monoisotopic (exact) mass is 396 g/mol. The van der Waals surface area contributed by atoms with Gasteiger partial charge in [-0.15, -0.1) is 0 Å². The van der Waals surface area contributed by atoms with Crippen LogP contribution in [0.5, 0.6) is 0 Å². The summed E-state index contributed by atoms with van der Waals surface area (Å²) in [5.41, 5.74) is 0. The van der Waals surface area contributed by atoms with Crippen LogP contribution in [0.4, 0.5) is 0 Å². The van der Waals surface area contributed by atoms with Crippen LogP contribution in [0.2, 0.25) is 0 Å². The Kier molecular flexibility index (Phi) is 22.7. The van der Waals surface area contributed by atoms with Crippen LogP contribution >= 0.6 is 0 Å². The van der Waals surface area contributed by atoms with Crippen molar-refractivity contribution in [1.82, 2.24) is 0 Å². The van der Waals surface area contributed by atoms with Gasteiger partial charge in [0.15, 0.2) is 0 Å². The first-order chi connectivity index (χ1) is 6.83. The second kappa shape index (κ2) is 16.6. The topological polar surface area (TPSA) is 113 Å². The molecule has 0 amide bonds. The van der Waals surface area contributed by atoms with Gasteiger partial charge in [-0.2, -0.15) is 0 Å². The summed E-state index contributed by atoms with van der Waals surface area (Å²) in [5.74, 6) is 0. The predicted octanol–water partition coefficient (Wildman–Crippen LogP) is -3.44. The zero-order valence-corrected chi connectivity index (χ0v) is 13.0. The van der Waals surface area contributed by atoms with Gasteiger partial charge in [-0.3, -0.25) is 0 Å². The van der Waals surface area contributed by atoms with Crippen molar-refractivity contribution in [3.63, 3.8) is 0 Å². The Labute approximate surface area is 95.8 Å². The van der Waals surface area contributed by atoms with Crippen LogP contribution in [0.3, 0.4) is 0 Å². The second-order valence-corrected chi connectivity index (χ2v) is 5.55. The molecule has 96 valence electrons. The number of hydrogen-bond acceptors (Lipinski definition) is 4. The van der Waals surface area contributed by atoms with Crippen molar-refractivity contribution >= 4 is 0 Å². The summed E-state index contributed by atoms with van der Waals surface area (Å²) in [5, 5.41) is 4.50. The molecule has 0 saturated carbocycles. The quantitative estimate of drug-likeness (QED) is 0.515. The molecule has 0 heterocycles. The molecule has 0 aliphatic heterocycles. The van der Waals surface area contributed by atoms with E-state index in [4.69, 9.17) is 14.3 Å². The molecule has 0 spiro atoms. The zero-order valence-electron chi connectivity index (χ0n) is 10.0. The zero-order chi connectivity index (χ0) is 12.7. The normalized spacial score (nSPS) is 9.47. The third kappa shape index (κ3) is 122. The van der Waals surface area contributed by atoms with E-state index in [1.807, 2.05) is 0 Å². The number of quaternary nitrogens is 2. The molecule has 0 aliphatic carbocycles. The molecule has 0 rings (SSSR count). The molecule has 0 aromatic rings. The van der Waals surface area contributed by atoms with Gasteiger partial charge in [0.2, 0.25) is 0 Å². The Hall–Kier alpha value is 0.128. The van der Waals surface area contributed by atoms with Crippen molar-refractivity contribution in [2.45, 2.75) is 27.7 Å². The Balaban J connectivity index is -0.000000144. The molecule has 0 aromatic heterocycles. The summed E-state index contributed by atoms with van der Waals surface area (Å²) in [6, 6.07) is 0. The molecule has 6 nitrogen and oxygen atoms in total. The minimum absolute atomic E-state index is 1.22. The molecular weight excluding hydrogens is 372 g/mol. The molecule has 4 N–H and O–H groups in total. The van der Waals surface area contributed by atoms with Crippen LogP contribution in [-0.4, -0.2) is 26.2 Å². The molecule has 15 heavy (non-hydrogen) atoms. The van der Waals surface area contributed by atoms with Crippen LogP contribution in [-0.2, 0) is 23.5 Å². The van der Waals surface area contributed by atoms with Crippen molar-refractivity contribution in [3.8, 4) is 0 Å². The minimum atomic E-state index is -6.17. The molecule has 0 unspecified atom stereocenters. The summed E-state index contributed by atoms with van der Waals surface area (Å²) in [7, 11) is 0. The van der Waals surface area contributed by atoms with E-state index >= 15 is 0 Å². The molecular formula is C8H24N2O4W.